The molecule has 1 aromatic carbocycles. The molecule has 1 atom stereocenters. The molecule has 148 valence electrons. The largest absolute Gasteiger partial charge is 0.441 e. The van der Waals surface area contributed by atoms with Gasteiger partial charge in [-0.15, -0.1) is 0 Å². The van der Waals surface area contributed by atoms with E-state index in [1.54, 1.807) is 38.3 Å². The summed E-state index contributed by atoms with van der Waals surface area (Å²) in [5, 5.41) is 0. The SMILES string of the molecule is CC(I)I.COCCN(C)c1ccc(N2C[C@H](COC)OC2=O)cc1F. The van der Waals surface area contributed by atoms with Crippen LogP contribution in [0.3, 0.4) is 0 Å². The van der Waals surface area contributed by atoms with Crippen LogP contribution < -0.4 is 9.80 Å². The first-order valence-electron chi connectivity index (χ1n) is 8.05. The lowest BCUT2D eigenvalue weighted by Gasteiger charge is -2.21. The van der Waals surface area contributed by atoms with Crippen LogP contribution in [-0.2, 0) is 14.2 Å². The Kier molecular flexibility index (Phi) is 11.0. The van der Waals surface area contributed by atoms with E-state index in [0.29, 0.717) is 37.7 Å². The monoisotopic (exact) mass is 594 g/mol. The Hall–Kier alpha value is -0.400. The number of carbonyl (C=O) groups excluding carboxylic acids is 1. The predicted octanol–water partition coefficient (Wildman–Crippen LogP) is 4.08. The topological polar surface area (TPSA) is 51.2 Å². The second-order valence-corrected chi connectivity index (χ2v) is 11.8. The van der Waals surface area contributed by atoms with Gasteiger partial charge in [0.15, 0.2) is 0 Å². The molecule has 1 aromatic rings. The van der Waals surface area contributed by atoms with Crippen LogP contribution in [0.1, 0.15) is 6.92 Å². The van der Waals surface area contributed by atoms with Crippen LogP contribution in [0.15, 0.2) is 18.2 Å². The molecule has 1 fully saturated rings. The zero-order valence-electron chi connectivity index (χ0n) is 15.4. The van der Waals surface area contributed by atoms with Crippen molar-refractivity contribution in [2.45, 2.75) is 15.0 Å². The number of halogens is 3. The van der Waals surface area contributed by atoms with Crippen LogP contribution in [0, 0.1) is 5.82 Å². The first kappa shape index (κ1) is 23.6. The Labute approximate surface area is 181 Å². The molecular weight excluding hydrogens is 569 g/mol. The highest BCUT2D eigenvalue weighted by Gasteiger charge is 2.32. The average Bonchev–Trinajstić information content (AvgIpc) is 2.93. The van der Waals surface area contributed by atoms with E-state index in [4.69, 9.17) is 14.2 Å². The maximum absolute atomic E-state index is 14.3. The summed E-state index contributed by atoms with van der Waals surface area (Å²) in [6, 6.07) is 4.70. The van der Waals surface area contributed by atoms with Gasteiger partial charge in [0.1, 0.15) is 11.9 Å². The lowest BCUT2D eigenvalue weighted by molar-refractivity contribution is 0.0718. The van der Waals surface area contributed by atoms with Gasteiger partial charge < -0.3 is 19.1 Å². The van der Waals surface area contributed by atoms with Crippen LogP contribution in [0.2, 0.25) is 0 Å². The number of amides is 1. The molecule has 2 rings (SSSR count). The van der Waals surface area contributed by atoms with E-state index in [9.17, 15) is 9.18 Å². The number of ether oxygens (including phenoxy) is 3. The zero-order valence-corrected chi connectivity index (χ0v) is 19.7. The van der Waals surface area contributed by atoms with Gasteiger partial charge in [0, 0.05) is 27.8 Å². The van der Waals surface area contributed by atoms with Gasteiger partial charge in [-0.05, 0) is 25.1 Å². The standard InChI is InChI=1S/C15H21FN2O4.C2H4I2/c1-17(6-7-20-2)14-5-4-11(8-13(14)16)18-9-12(10-21-3)22-15(18)19;1-2(3)4/h4-5,8,12H,6-7,9-10H2,1-3H3;2H,1H3/t12-;/m1./s1. The first-order chi connectivity index (χ1) is 12.3. The highest BCUT2D eigenvalue weighted by atomic mass is 127. The van der Waals surface area contributed by atoms with Crippen molar-refractivity contribution in [2.24, 2.45) is 0 Å². The minimum Gasteiger partial charge on any atom is -0.441 e. The van der Waals surface area contributed by atoms with Gasteiger partial charge in [0.05, 0.1) is 33.1 Å². The number of alkyl halides is 2. The third kappa shape index (κ3) is 7.69. The van der Waals surface area contributed by atoms with Gasteiger partial charge in [0.2, 0.25) is 0 Å². The third-order valence-corrected chi connectivity index (χ3v) is 3.51. The summed E-state index contributed by atoms with van der Waals surface area (Å²) in [6.07, 6.45) is -0.813. The van der Waals surface area contributed by atoms with Gasteiger partial charge >= 0.3 is 6.09 Å². The molecule has 0 radical (unpaired) electrons. The Morgan fingerprint density at radius 3 is 2.58 bits per heavy atom. The highest BCUT2D eigenvalue weighted by Crippen LogP contribution is 2.27. The number of nitrogens with zero attached hydrogens (tertiary/aromatic N) is 2. The van der Waals surface area contributed by atoms with Crippen molar-refractivity contribution in [3.8, 4) is 0 Å². The molecule has 1 heterocycles. The van der Waals surface area contributed by atoms with Crippen molar-refractivity contribution < 1.29 is 23.4 Å². The predicted molar refractivity (Wildman–Crippen MR) is 119 cm³/mol. The summed E-state index contributed by atoms with van der Waals surface area (Å²) in [5.41, 5.74) is 0.937. The van der Waals surface area contributed by atoms with E-state index >= 15 is 0 Å². The summed E-state index contributed by atoms with van der Waals surface area (Å²) in [5.74, 6) is -0.390. The van der Waals surface area contributed by atoms with E-state index in [2.05, 4.69) is 52.1 Å². The molecule has 1 aliphatic heterocycles. The van der Waals surface area contributed by atoms with Crippen molar-refractivity contribution in [1.29, 1.82) is 0 Å². The number of benzene rings is 1. The van der Waals surface area contributed by atoms with Crippen molar-refractivity contribution in [2.75, 3.05) is 57.4 Å². The Morgan fingerprint density at radius 2 is 2.04 bits per heavy atom. The van der Waals surface area contributed by atoms with E-state index in [1.165, 1.54) is 11.0 Å². The molecule has 26 heavy (non-hydrogen) atoms. The maximum atomic E-state index is 14.3. The smallest absolute Gasteiger partial charge is 0.414 e. The average molecular weight is 594 g/mol. The summed E-state index contributed by atoms with van der Waals surface area (Å²) >= 11 is 4.66. The number of carbonyl (C=O) groups is 1. The fraction of sp³-hybridized carbons (Fsp3) is 0.588. The molecular formula is C17H25FI2N2O4. The van der Waals surface area contributed by atoms with Crippen molar-refractivity contribution in [3.63, 3.8) is 0 Å². The lowest BCUT2D eigenvalue weighted by Crippen LogP contribution is -2.26. The zero-order chi connectivity index (χ0) is 19.7. The first-order valence-corrected chi connectivity index (χ1v) is 10.5. The van der Waals surface area contributed by atoms with Gasteiger partial charge in [-0.3, -0.25) is 4.90 Å². The number of methoxy groups -OCH3 is 2. The van der Waals surface area contributed by atoms with E-state index in [0.717, 1.165) is 1.93 Å². The number of cyclic esters (lactones) is 1. The molecule has 9 heteroatoms. The molecule has 0 aliphatic carbocycles. The summed E-state index contributed by atoms with van der Waals surface area (Å²) < 4.78 is 30.1. The van der Waals surface area contributed by atoms with Crippen molar-refractivity contribution in [3.05, 3.63) is 24.0 Å². The lowest BCUT2D eigenvalue weighted by atomic mass is 10.2. The number of hydrogen-bond acceptors (Lipinski definition) is 5. The molecule has 0 aromatic heterocycles. The third-order valence-electron chi connectivity index (χ3n) is 3.51. The fourth-order valence-electron chi connectivity index (χ4n) is 2.33. The van der Waals surface area contributed by atoms with E-state index in [-0.39, 0.29) is 11.9 Å². The van der Waals surface area contributed by atoms with Crippen molar-refractivity contribution in [1.82, 2.24) is 0 Å². The fourth-order valence-corrected chi connectivity index (χ4v) is 2.33. The second-order valence-electron chi connectivity index (χ2n) is 5.64. The Morgan fingerprint density at radius 1 is 1.38 bits per heavy atom. The van der Waals surface area contributed by atoms with Gasteiger partial charge in [0.25, 0.3) is 0 Å². The number of likely N-dealkylation sites (N-methyl/N-ethyl adjacent to an activating group) is 1. The molecule has 0 saturated carbocycles. The molecule has 0 spiro atoms. The van der Waals surface area contributed by atoms with Crippen LogP contribution in [0.25, 0.3) is 0 Å². The molecule has 1 amide bonds. The molecule has 1 aliphatic rings. The van der Waals surface area contributed by atoms with Gasteiger partial charge in [-0.25, -0.2) is 9.18 Å². The van der Waals surface area contributed by atoms with Crippen LogP contribution in [0.5, 0.6) is 0 Å². The maximum Gasteiger partial charge on any atom is 0.414 e. The number of rotatable bonds is 7. The van der Waals surface area contributed by atoms with E-state index < -0.39 is 6.09 Å². The van der Waals surface area contributed by atoms with Gasteiger partial charge in [-0.2, -0.15) is 0 Å². The van der Waals surface area contributed by atoms with Crippen LogP contribution >= 0.6 is 45.2 Å². The summed E-state index contributed by atoms with van der Waals surface area (Å²) in [7, 11) is 4.93. The van der Waals surface area contributed by atoms with Gasteiger partial charge in [-0.1, -0.05) is 45.2 Å². The highest BCUT2D eigenvalue weighted by molar-refractivity contribution is 14.2. The summed E-state index contributed by atoms with van der Waals surface area (Å²) in [4.78, 5) is 15.0. The molecule has 0 unspecified atom stereocenters. The second kappa shape index (κ2) is 12.1. The summed E-state index contributed by atoms with van der Waals surface area (Å²) in [6.45, 7) is 3.90. The number of anilines is 2. The number of hydrogen-bond donors (Lipinski definition) is 0. The molecule has 6 nitrogen and oxygen atoms in total. The quantitative estimate of drug-likeness (QED) is 0.352. The minimum atomic E-state index is -0.484. The Balaban J connectivity index is 0.000000765. The van der Waals surface area contributed by atoms with E-state index in [1.807, 2.05) is 0 Å². The molecule has 0 N–H and O–H groups in total. The normalized spacial score (nSPS) is 16.4. The van der Waals surface area contributed by atoms with Crippen LogP contribution in [0.4, 0.5) is 20.6 Å². The van der Waals surface area contributed by atoms with Crippen molar-refractivity contribution >= 4 is 62.6 Å². The van der Waals surface area contributed by atoms with Crippen LogP contribution in [-0.4, -0.2) is 61.7 Å². The molecule has 0 bridgehead atoms. The molecule has 1 saturated heterocycles. The minimum absolute atomic E-state index is 0.322. The Bertz CT molecular complexity index is 575.